The van der Waals surface area contributed by atoms with Crippen molar-refractivity contribution in [3.05, 3.63) is 63.5 Å². The molecule has 2 amide bonds. The van der Waals surface area contributed by atoms with E-state index in [1.807, 2.05) is 0 Å². The van der Waals surface area contributed by atoms with Crippen LogP contribution in [-0.4, -0.2) is 35.9 Å². The van der Waals surface area contributed by atoms with E-state index in [0.29, 0.717) is 6.07 Å². The number of halogens is 5. The number of nitrogens with zero attached hydrogens (tertiary/aromatic N) is 2. The van der Waals surface area contributed by atoms with Crippen LogP contribution in [0.15, 0.2) is 36.7 Å². The molecule has 0 radical (unpaired) electrons. The summed E-state index contributed by atoms with van der Waals surface area (Å²) in [5.74, 6) is -1.77. The summed E-state index contributed by atoms with van der Waals surface area (Å²) in [6, 6.07) is 4.38. The Morgan fingerprint density at radius 2 is 1.69 bits per heavy atom. The van der Waals surface area contributed by atoms with E-state index < -0.39 is 33.6 Å². The van der Waals surface area contributed by atoms with E-state index >= 15 is 0 Å². The minimum atomic E-state index is -4.65. The van der Waals surface area contributed by atoms with Gasteiger partial charge in [0.1, 0.15) is 5.69 Å². The van der Waals surface area contributed by atoms with Crippen molar-refractivity contribution in [2.24, 2.45) is 0 Å². The Bertz CT molecular complexity index is 1340. The van der Waals surface area contributed by atoms with Gasteiger partial charge in [-0.25, -0.2) is 13.4 Å². The second-order valence-corrected chi connectivity index (χ2v) is 8.97. The van der Waals surface area contributed by atoms with E-state index in [-0.39, 0.29) is 32.6 Å². The summed E-state index contributed by atoms with van der Waals surface area (Å²) in [4.78, 5) is 28.4. The zero-order chi connectivity index (χ0) is 23.8. The molecule has 32 heavy (non-hydrogen) atoms. The fourth-order valence-corrected chi connectivity index (χ4v) is 3.62. The van der Waals surface area contributed by atoms with E-state index in [1.165, 1.54) is 18.2 Å². The molecule has 2 aromatic heterocycles. The zero-order valence-corrected chi connectivity index (χ0v) is 18.1. The van der Waals surface area contributed by atoms with Crippen molar-refractivity contribution in [3.8, 4) is 0 Å². The van der Waals surface area contributed by atoms with Gasteiger partial charge >= 0.3 is 6.18 Å². The number of sulfonamides is 1. The Morgan fingerprint density at radius 3 is 2.28 bits per heavy atom. The fraction of sp³-hybridized carbons (Fsp3) is 0.118. The number of amides is 2. The second-order valence-electron chi connectivity index (χ2n) is 6.41. The second kappa shape index (κ2) is 8.48. The lowest BCUT2D eigenvalue weighted by atomic mass is 10.2. The van der Waals surface area contributed by atoms with Crippen molar-refractivity contribution in [2.45, 2.75) is 6.18 Å². The first-order valence-electron chi connectivity index (χ1n) is 8.38. The highest BCUT2D eigenvalue weighted by Gasteiger charge is 2.32. The van der Waals surface area contributed by atoms with E-state index in [4.69, 9.17) is 23.2 Å². The molecular weight excluding hydrogens is 498 g/mol. The molecule has 1 aromatic carbocycles. The Morgan fingerprint density at radius 1 is 1.03 bits per heavy atom. The highest BCUT2D eigenvalue weighted by Crippen LogP contribution is 2.32. The van der Waals surface area contributed by atoms with Gasteiger partial charge in [-0.15, -0.1) is 0 Å². The number of carbonyl (C=O) groups excluding carboxylic acids is 2. The summed E-state index contributed by atoms with van der Waals surface area (Å²) in [6.07, 6.45) is -1.98. The summed E-state index contributed by atoms with van der Waals surface area (Å²) in [5, 5.41) is -0.429. The number of rotatable bonds is 4. The highest BCUT2D eigenvalue weighted by molar-refractivity contribution is 7.92. The largest absolute Gasteiger partial charge is 0.417 e. The molecule has 0 spiro atoms. The van der Waals surface area contributed by atoms with Crippen LogP contribution in [0.4, 0.5) is 18.9 Å². The normalized spacial score (nSPS) is 11.9. The smallest absolute Gasteiger partial charge is 0.304 e. The van der Waals surface area contributed by atoms with E-state index in [1.54, 1.807) is 0 Å². The van der Waals surface area contributed by atoms with Gasteiger partial charge in [0.15, 0.2) is 5.65 Å². The molecule has 170 valence electrons. The van der Waals surface area contributed by atoms with Crippen LogP contribution in [0.1, 0.15) is 26.4 Å². The Kier molecular flexibility index (Phi) is 6.26. The predicted molar refractivity (Wildman–Crippen MR) is 110 cm³/mol. The maximum absolute atomic E-state index is 12.9. The van der Waals surface area contributed by atoms with Crippen molar-refractivity contribution < 1.29 is 31.2 Å². The maximum atomic E-state index is 12.9. The monoisotopic (exact) mass is 509 g/mol. The number of imidazole rings is 1. The molecule has 0 fully saturated rings. The molecule has 3 N–H and O–H groups in total. The third-order valence-corrected chi connectivity index (χ3v) is 5.07. The van der Waals surface area contributed by atoms with Crippen molar-refractivity contribution in [1.29, 1.82) is 0 Å². The van der Waals surface area contributed by atoms with E-state index in [9.17, 15) is 31.2 Å². The average Bonchev–Trinajstić information content (AvgIpc) is 3.09. The lowest BCUT2D eigenvalue weighted by Gasteiger charge is -2.09. The first-order chi connectivity index (χ1) is 14.7. The third-order valence-electron chi connectivity index (χ3n) is 3.87. The van der Waals surface area contributed by atoms with Gasteiger partial charge in [-0.05, 0) is 24.3 Å². The summed E-state index contributed by atoms with van der Waals surface area (Å²) < 4.78 is 64.3. The van der Waals surface area contributed by atoms with Crippen LogP contribution in [0.25, 0.3) is 5.65 Å². The number of carbonyl (C=O) groups is 2. The Hall–Kier alpha value is -3.03. The molecule has 2 heterocycles. The number of benzene rings is 1. The first-order valence-corrected chi connectivity index (χ1v) is 11.0. The van der Waals surface area contributed by atoms with Crippen LogP contribution in [0, 0.1) is 0 Å². The molecule has 0 atom stereocenters. The molecule has 15 heteroatoms. The van der Waals surface area contributed by atoms with Gasteiger partial charge in [0, 0.05) is 18.1 Å². The number of pyridine rings is 1. The van der Waals surface area contributed by atoms with Crippen molar-refractivity contribution >= 4 is 56.4 Å². The lowest BCUT2D eigenvalue weighted by molar-refractivity contribution is -0.137. The van der Waals surface area contributed by atoms with Crippen LogP contribution in [-0.2, 0) is 16.2 Å². The molecule has 0 unspecified atom stereocenters. The topological polar surface area (TPSA) is 122 Å². The molecule has 3 rings (SSSR count). The number of fused-ring (bicyclic) bond motifs is 1. The number of nitrogens with one attached hydrogen (secondary N) is 3. The Labute approximate surface area is 188 Å². The van der Waals surface area contributed by atoms with Crippen molar-refractivity contribution in [2.75, 3.05) is 11.0 Å². The zero-order valence-electron chi connectivity index (χ0n) is 15.8. The minimum Gasteiger partial charge on any atom is -0.304 e. The number of hydrogen-bond donors (Lipinski definition) is 3. The van der Waals surface area contributed by atoms with Crippen LogP contribution in [0.3, 0.4) is 0 Å². The molecule has 0 bridgehead atoms. The molecule has 0 aliphatic heterocycles. The average molecular weight is 510 g/mol. The third kappa shape index (κ3) is 5.41. The first kappa shape index (κ1) is 23.6. The maximum Gasteiger partial charge on any atom is 0.417 e. The predicted octanol–water partition coefficient (Wildman–Crippen LogP) is 3.11. The van der Waals surface area contributed by atoms with E-state index in [0.717, 1.165) is 23.1 Å². The van der Waals surface area contributed by atoms with Crippen molar-refractivity contribution in [1.82, 2.24) is 20.2 Å². The van der Waals surface area contributed by atoms with Gasteiger partial charge in [0.25, 0.3) is 11.8 Å². The van der Waals surface area contributed by atoms with E-state index in [2.05, 4.69) is 20.6 Å². The quantitative estimate of drug-likeness (QED) is 0.466. The fourth-order valence-electron chi connectivity index (χ4n) is 2.54. The minimum absolute atomic E-state index is 0.0844. The lowest BCUT2D eigenvalue weighted by Crippen LogP contribution is -2.41. The van der Waals surface area contributed by atoms with Gasteiger partial charge in [0.2, 0.25) is 10.0 Å². The van der Waals surface area contributed by atoms with Gasteiger partial charge < -0.3 is 4.40 Å². The highest BCUT2D eigenvalue weighted by atomic mass is 35.5. The number of alkyl halides is 3. The standard InChI is InChI=1S/C17H12Cl2F3N5O4S/c1-32(30,31)26-9-2-3-10(11(18)5-9)15(28)24-25-16(29)13-7-27-6-8(17(20,21)22)4-12(19)14(27)23-13/h2-7,26H,1H3,(H,24,28)(H,25,29). The van der Waals surface area contributed by atoms with Crippen LogP contribution < -0.4 is 15.6 Å². The molecule has 9 nitrogen and oxygen atoms in total. The van der Waals surface area contributed by atoms with Crippen LogP contribution in [0.5, 0.6) is 0 Å². The van der Waals surface area contributed by atoms with Gasteiger partial charge in [-0.2, -0.15) is 13.2 Å². The number of hydrazine groups is 1. The number of anilines is 1. The summed E-state index contributed by atoms with van der Waals surface area (Å²) >= 11 is 11.8. The molecule has 0 aliphatic carbocycles. The van der Waals surface area contributed by atoms with Crippen LogP contribution in [0.2, 0.25) is 10.0 Å². The van der Waals surface area contributed by atoms with Gasteiger partial charge in [0.05, 0.1) is 27.4 Å². The molecule has 0 saturated carbocycles. The molecule has 0 aliphatic rings. The summed E-state index contributed by atoms with van der Waals surface area (Å²) in [6.45, 7) is 0. The molecule has 3 aromatic rings. The molecule has 0 saturated heterocycles. The summed E-state index contributed by atoms with van der Waals surface area (Å²) in [7, 11) is -3.55. The Balaban J connectivity index is 1.73. The number of hydrogen-bond acceptors (Lipinski definition) is 5. The van der Waals surface area contributed by atoms with Crippen molar-refractivity contribution in [3.63, 3.8) is 0 Å². The van der Waals surface area contributed by atoms with Gasteiger partial charge in [-0.1, -0.05) is 23.2 Å². The van der Waals surface area contributed by atoms with Crippen LogP contribution >= 0.6 is 23.2 Å². The summed E-state index contributed by atoms with van der Waals surface area (Å²) in [5.41, 5.74) is 2.73. The SMILES string of the molecule is CS(=O)(=O)Nc1ccc(C(=O)NNC(=O)c2cn3cc(C(F)(F)F)cc(Cl)c3n2)c(Cl)c1. The number of aromatic nitrogens is 2. The van der Waals surface area contributed by atoms with Gasteiger partial charge in [-0.3, -0.25) is 25.2 Å². The molecular formula is C17H12Cl2F3N5O4S.